The minimum absolute atomic E-state index is 0.0724. The molecule has 2 aromatic carbocycles. The van der Waals surface area contributed by atoms with Crippen LogP contribution < -0.4 is 4.74 Å². The smallest absolute Gasteiger partial charge is 0.339 e. The van der Waals surface area contributed by atoms with Gasteiger partial charge < -0.3 is 9.84 Å². The average Bonchev–Trinajstić information content (AvgIpc) is 2.53. The Balaban J connectivity index is 2.06. The van der Waals surface area contributed by atoms with Crippen molar-refractivity contribution in [1.82, 2.24) is 0 Å². The molecule has 0 aliphatic rings. The standard InChI is InChI=1S/C17H12O5/c18-14(12-6-2-1-3-7-12)10-11-16(19)22-15-9-5-4-8-13(15)17(20)21/h1-11H,(H,20,21). The van der Waals surface area contributed by atoms with E-state index in [-0.39, 0.29) is 17.1 Å². The molecule has 0 aromatic heterocycles. The molecule has 0 atom stereocenters. The number of hydrogen-bond acceptors (Lipinski definition) is 4. The van der Waals surface area contributed by atoms with Crippen molar-refractivity contribution >= 4 is 17.7 Å². The molecule has 0 radical (unpaired) electrons. The maximum absolute atomic E-state index is 11.8. The number of carbonyl (C=O) groups excluding carboxylic acids is 2. The third-order valence-electron chi connectivity index (χ3n) is 2.76. The first kappa shape index (κ1) is 15.2. The van der Waals surface area contributed by atoms with E-state index in [2.05, 4.69) is 0 Å². The molecule has 5 nitrogen and oxygen atoms in total. The van der Waals surface area contributed by atoms with Gasteiger partial charge in [0, 0.05) is 11.6 Å². The van der Waals surface area contributed by atoms with Gasteiger partial charge in [0.1, 0.15) is 11.3 Å². The van der Waals surface area contributed by atoms with E-state index in [0.717, 1.165) is 12.2 Å². The highest BCUT2D eigenvalue weighted by molar-refractivity contribution is 6.07. The molecule has 2 aromatic rings. The first-order chi connectivity index (χ1) is 10.6. The molecule has 0 saturated carbocycles. The van der Waals surface area contributed by atoms with Gasteiger partial charge in [-0.05, 0) is 18.2 Å². The quantitative estimate of drug-likeness (QED) is 0.397. The summed E-state index contributed by atoms with van der Waals surface area (Å²) in [5, 5.41) is 8.98. The van der Waals surface area contributed by atoms with Gasteiger partial charge in [-0.3, -0.25) is 4.79 Å². The fourth-order valence-corrected chi connectivity index (χ4v) is 1.72. The Morgan fingerprint density at radius 3 is 2.18 bits per heavy atom. The number of ketones is 1. The van der Waals surface area contributed by atoms with Gasteiger partial charge in [0.05, 0.1) is 0 Å². The molecule has 110 valence electrons. The van der Waals surface area contributed by atoms with E-state index >= 15 is 0 Å². The number of rotatable bonds is 5. The van der Waals surface area contributed by atoms with Crippen LogP contribution in [-0.4, -0.2) is 22.8 Å². The molecule has 22 heavy (non-hydrogen) atoms. The molecule has 2 rings (SSSR count). The summed E-state index contributed by atoms with van der Waals surface area (Å²) in [6.07, 6.45) is 2.05. The summed E-state index contributed by atoms with van der Waals surface area (Å²) in [6, 6.07) is 14.2. The zero-order valence-corrected chi connectivity index (χ0v) is 11.4. The summed E-state index contributed by atoms with van der Waals surface area (Å²) in [4.78, 5) is 34.4. The number of carboxylic acid groups (broad SMARTS) is 1. The molecule has 0 saturated heterocycles. The number of esters is 1. The zero-order chi connectivity index (χ0) is 15.9. The van der Waals surface area contributed by atoms with Gasteiger partial charge in [-0.15, -0.1) is 0 Å². The summed E-state index contributed by atoms with van der Waals surface area (Å²) >= 11 is 0. The summed E-state index contributed by atoms with van der Waals surface area (Å²) in [5.74, 6) is -2.44. The Kier molecular flexibility index (Phi) is 4.82. The number of hydrogen-bond donors (Lipinski definition) is 1. The van der Waals surface area contributed by atoms with Crippen molar-refractivity contribution in [2.75, 3.05) is 0 Å². The highest BCUT2D eigenvalue weighted by Crippen LogP contribution is 2.18. The molecular formula is C17H12O5. The van der Waals surface area contributed by atoms with Crippen molar-refractivity contribution in [3.05, 3.63) is 77.9 Å². The second kappa shape index (κ2) is 6.99. The topological polar surface area (TPSA) is 80.7 Å². The Hall–Kier alpha value is -3.21. The number of para-hydroxylation sites is 1. The first-order valence-corrected chi connectivity index (χ1v) is 6.39. The van der Waals surface area contributed by atoms with E-state index < -0.39 is 11.9 Å². The number of allylic oxidation sites excluding steroid dienone is 1. The normalized spacial score (nSPS) is 10.4. The lowest BCUT2D eigenvalue weighted by molar-refractivity contribution is -0.129. The van der Waals surface area contributed by atoms with Gasteiger partial charge in [0.25, 0.3) is 0 Å². The molecule has 1 N–H and O–H groups in total. The minimum Gasteiger partial charge on any atom is -0.478 e. The van der Waals surface area contributed by atoms with E-state index in [9.17, 15) is 14.4 Å². The van der Waals surface area contributed by atoms with Crippen molar-refractivity contribution < 1.29 is 24.2 Å². The van der Waals surface area contributed by atoms with Crippen LogP contribution in [0.2, 0.25) is 0 Å². The van der Waals surface area contributed by atoms with Crippen LogP contribution in [0.25, 0.3) is 0 Å². The molecular weight excluding hydrogens is 284 g/mol. The molecule has 5 heteroatoms. The molecule has 0 fully saturated rings. The fourth-order valence-electron chi connectivity index (χ4n) is 1.72. The van der Waals surface area contributed by atoms with Crippen LogP contribution in [-0.2, 0) is 4.79 Å². The first-order valence-electron chi connectivity index (χ1n) is 6.39. The lowest BCUT2D eigenvalue weighted by Crippen LogP contribution is -2.09. The number of benzene rings is 2. The average molecular weight is 296 g/mol. The SMILES string of the molecule is O=C(C=CC(=O)c1ccccc1)Oc1ccccc1C(=O)O. The largest absolute Gasteiger partial charge is 0.478 e. The molecule has 0 amide bonds. The monoisotopic (exact) mass is 296 g/mol. The van der Waals surface area contributed by atoms with Crippen LogP contribution in [0, 0.1) is 0 Å². The van der Waals surface area contributed by atoms with Crippen LogP contribution >= 0.6 is 0 Å². The predicted octanol–water partition coefficient (Wildman–Crippen LogP) is 2.73. The van der Waals surface area contributed by atoms with Crippen molar-refractivity contribution in [2.24, 2.45) is 0 Å². The second-order valence-corrected chi connectivity index (χ2v) is 4.29. The minimum atomic E-state index is -1.20. The second-order valence-electron chi connectivity index (χ2n) is 4.29. The van der Waals surface area contributed by atoms with E-state index in [0.29, 0.717) is 5.56 Å². The van der Waals surface area contributed by atoms with Crippen LogP contribution in [0.5, 0.6) is 5.75 Å². The molecule has 0 aliphatic carbocycles. The van der Waals surface area contributed by atoms with Crippen LogP contribution in [0.3, 0.4) is 0 Å². The Labute approximate surface area is 126 Å². The zero-order valence-electron chi connectivity index (χ0n) is 11.4. The Morgan fingerprint density at radius 2 is 1.50 bits per heavy atom. The van der Waals surface area contributed by atoms with Gasteiger partial charge in [-0.2, -0.15) is 0 Å². The van der Waals surface area contributed by atoms with Gasteiger partial charge in [0.15, 0.2) is 5.78 Å². The number of carbonyl (C=O) groups is 3. The summed E-state index contributed by atoms with van der Waals surface area (Å²) in [5.41, 5.74) is 0.316. The van der Waals surface area contributed by atoms with Gasteiger partial charge in [0.2, 0.25) is 0 Å². The summed E-state index contributed by atoms with van der Waals surface area (Å²) in [6.45, 7) is 0. The number of ether oxygens (including phenoxy) is 1. The number of aromatic carboxylic acids is 1. The third kappa shape index (κ3) is 3.89. The van der Waals surface area contributed by atoms with E-state index in [1.807, 2.05) is 0 Å². The Morgan fingerprint density at radius 1 is 0.864 bits per heavy atom. The highest BCUT2D eigenvalue weighted by Gasteiger charge is 2.12. The Bertz CT molecular complexity index is 732. The van der Waals surface area contributed by atoms with Crippen molar-refractivity contribution in [2.45, 2.75) is 0 Å². The maximum Gasteiger partial charge on any atom is 0.339 e. The lowest BCUT2D eigenvalue weighted by atomic mass is 10.1. The van der Waals surface area contributed by atoms with E-state index in [4.69, 9.17) is 9.84 Å². The van der Waals surface area contributed by atoms with Gasteiger partial charge in [-0.25, -0.2) is 9.59 Å². The van der Waals surface area contributed by atoms with Crippen molar-refractivity contribution in [3.63, 3.8) is 0 Å². The van der Waals surface area contributed by atoms with E-state index in [1.165, 1.54) is 18.2 Å². The molecule has 0 unspecified atom stereocenters. The van der Waals surface area contributed by atoms with Crippen molar-refractivity contribution in [3.8, 4) is 5.75 Å². The van der Waals surface area contributed by atoms with Crippen LogP contribution in [0.4, 0.5) is 0 Å². The van der Waals surface area contributed by atoms with Crippen LogP contribution in [0.15, 0.2) is 66.7 Å². The maximum atomic E-state index is 11.8. The summed E-state index contributed by atoms with van der Waals surface area (Å²) in [7, 11) is 0. The highest BCUT2D eigenvalue weighted by atomic mass is 16.5. The molecule has 0 aliphatic heterocycles. The molecule has 0 spiro atoms. The predicted molar refractivity (Wildman–Crippen MR) is 78.9 cm³/mol. The van der Waals surface area contributed by atoms with Crippen molar-refractivity contribution in [1.29, 1.82) is 0 Å². The third-order valence-corrected chi connectivity index (χ3v) is 2.76. The molecule has 0 heterocycles. The summed E-state index contributed by atoms with van der Waals surface area (Å²) < 4.78 is 4.93. The number of carboxylic acids is 1. The van der Waals surface area contributed by atoms with Crippen LogP contribution in [0.1, 0.15) is 20.7 Å². The fraction of sp³-hybridized carbons (Fsp3) is 0. The van der Waals surface area contributed by atoms with Gasteiger partial charge in [-0.1, -0.05) is 42.5 Å². The lowest BCUT2D eigenvalue weighted by Gasteiger charge is -2.04. The molecule has 0 bridgehead atoms. The van der Waals surface area contributed by atoms with Gasteiger partial charge >= 0.3 is 11.9 Å². The van der Waals surface area contributed by atoms with E-state index in [1.54, 1.807) is 36.4 Å².